The van der Waals surface area contributed by atoms with Crippen molar-refractivity contribution >= 4 is 0 Å². The maximum atomic E-state index is 11.9. The molecule has 3 rings (SSSR count). The Morgan fingerprint density at radius 1 is 1.13 bits per heavy atom. The summed E-state index contributed by atoms with van der Waals surface area (Å²) in [6, 6.07) is 11.5. The number of nitriles is 1. The number of hydrogen-bond acceptors (Lipinski definition) is 4. The van der Waals surface area contributed by atoms with Crippen molar-refractivity contribution in [3.8, 4) is 28.3 Å². The second-order valence-corrected chi connectivity index (χ2v) is 5.46. The quantitative estimate of drug-likeness (QED) is 0.785. The van der Waals surface area contributed by atoms with Gasteiger partial charge in [-0.2, -0.15) is 5.26 Å². The number of aromatic amines is 1. The van der Waals surface area contributed by atoms with Crippen LogP contribution in [0.4, 0.5) is 0 Å². The van der Waals surface area contributed by atoms with Crippen LogP contribution >= 0.6 is 0 Å². The average molecular weight is 305 g/mol. The first-order chi connectivity index (χ1) is 11.0. The molecule has 0 spiro atoms. The van der Waals surface area contributed by atoms with Gasteiger partial charge in [0.25, 0.3) is 5.56 Å². The van der Waals surface area contributed by atoms with Crippen molar-refractivity contribution in [2.24, 2.45) is 0 Å². The van der Waals surface area contributed by atoms with E-state index >= 15 is 0 Å². The molecule has 0 fully saturated rings. The van der Waals surface area contributed by atoms with Gasteiger partial charge in [-0.15, -0.1) is 0 Å². The third-order valence-electron chi connectivity index (χ3n) is 3.80. The van der Waals surface area contributed by atoms with Gasteiger partial charge in [-0.25, -0.2) is 0 Å². The van der Waals surface area contributed by atoms with Gasteiger partial charge in [0.2, 0.25) is 0 Å². The van der Waals surface area contributed by atoms with E-state index in [0.717, 1.165) is 33.8 Å². The Morgan fingerprint density at radius 3 is 2.35 bits per heavy atom. The van der Waals surface area contributed by atoms with E-state index < -0.39 is 0 Å². The van der Waals surface area contributed by atoms with Gasteiger partial charge in [0, 0.05) is 16.8 Å². The van der Waals surface area contributed by atoms with Crippen LogP contribution in [0.2, 0.25) is 0 Å². The van der Waals surface area contributed by atoms with Gasteiger partial charge in [-0.3, -0.25) is 4.79 Å². The van der Waals surface area contributed by atoms with E-state index in [9.17, 15) is 10.1 Å². The Balaban J connectivity index is 2.11. The number of nitrogens with one attached hydrogen (secondary N) is 1. The fourth-order valence-electron chi connectivity index (χ4n) is 2.74. The molecule has 2 aromatic heterocycles. The summed E-state index contributed by atoms with van der Waals surface area (Å²) in [5.74, 6) is 0.764. The number of H-pyrrole nitrogens is 1. The smallest absolute Gasteiger partial charge is 0.266 e. The molecule has 1 N–H and O–H groups in total. The molecule has 1 aromatic carbocycles. The Morgan fingerprint density at radius 2 is 1.78 bits per heavy atom. The van der Waals surface area contributed by atoms with E-state index in [-0.39, 0.29) is 11.1 Å². The minimum absolute atomic E-state index is 0.126. The van der Waals surface area contributed by atoms with E-state index in [4.69, 9.17) is 4.52 Å². The van der Waals surface area contributed by atoms with Crippen LogP contribution in [0, 0.1) is 32.1 Å². The average Bonchev–Trinajstić information content (AvgIpc) is 2.86. The molecule has 3 aromatic rings. The summed E-state index contributed by atoms with van der Waals surface area (Å²) in [6.45, 7) is 5.56. The van der Waals surface area contributed by atoms with Crippen molar-refractivity contribution in [1.82, 2.24) is 10.1 Å². The zero-order valence-electron chi connectivity index (χ0n) is 13.1. The lowest BCUT2D eigenvalue weighted by atomic mass is 9.97. The highest BCUT2D eigenvalue weighted by Gasteiger charge is 2.13. The van der Waals surface area contributed by atoms with Gasteiger partial charge in [-0.1, -0.05) is 29.4 Å². The number of aromatic nitrogens is 2. The maximum Gasteiger partial charge on any atom is 0.266 e. The topological polar surface area (TPSA) is 82.7 Å². The zero-order chi connectivity index (χ0) is 16.6. The van der Waals surface area contributed by atoms with Crippen molar-refractivity contribution in [3.63, 3.8) is 0 Å². The lowest BCUT2D eigenvalue weighted by molar-refractivity contribution is 0.393. The largest absolute Gasteiger partial charge is 0.361 e. The molecule has 0 atom stereocenters. The predicted octanol–water partition coefficient (Wildman–Crippen LogP) is 3.49. The van der Waals surface area contributed by atoms with Crippen molar-refractivity contribution in [2.75, 3.05) is 0 Å². The van der Waals surface area contributed by atoms with Crippen molar-refractivity contribution in [2.45, 2.75) is 20.8 Å². The van der Waals surface area contributed by atoms with Crippen molar-refractivity contribution in [3.05, 3.63) is 63.4 Å². The molecule has 5 nitrogen and oxygen atoms in total. The molecule has 0 saturated carbocycles. The molecule has 5 heteroatoms. The molecule has 0 radical (unpaired) electrons. The Labute approximate surface area is 133 Å². The molecule has 0 aliphatic rings. The summed E-state index contributed by atoms with van der Waals surface area (Å²) in [7, 11) is 0. The van der Waals surface area contributed by atoms with Crippen LogP contribution in [0.15, 0.2) is 39.6 Å². The van der Waals surface area contributed by atoms with E-state index in [1.165, 1.54) is 0 Å². The monoisotopic (exact) mass is 305 g/mol. The minimum Gasteiger partial charge on any atom is -0.361 e. The Bertz CT molecular complexity index is 953. The third-order valence-corrected chi connectivity index (χ3v) is 3.80. The number of hydrogen-bond donors (Lipinski definition) is 1. The van der Waals surface area contributed by atoms with Gasteiger partial charge >= 0.3 is 0 Å². The van der Waals surface area contributed by atoms with Crippen molar-refractivity contribution in [1.29, 1.82) is 5.26 Å². The van der Waals surface area contributed by atoms with Crippen LogP contribution in [0.3, 0.4) is 0 Å². The van der Waals surface area contributed by atoms with Gasteiger partial charge in [-0.05, 0) is 38.0 Å². The Kier molecular flexibility index (Phi) is 3.59. The summed E-state index contributed by atoms with van der Waals surface area (Å²) in [4.78, 5) is 14.6. The molecule has 0 aliphatic carbocycles. The number of nitrogens with zero attached hydrogens (tertiary/aromatic N) is 2. The standard InChI is InChI=1S/C18H15N3O2/c1-10-8-15(16(9-19)18(22)20-10)13-4-6-14(7-5-13)17-11(2)21-23-12(17)3/h4-8H,1-3H3,(H,20,22). The van der Waals surface area contributed by atoms with Crippen molar-refractivity contribution < 1.29 is 4.52 Å². The molecule has 0 amide bonds. The van der Waals surface area contributed by atoms with Crippen LogP contribution in [0.25, 0.3) is 22.3 Å². The maximum absolute atomic E-state index is 11.9. The number of pyridine rings is 1. The second-order valence-electron chi connectivity index (χ2n) is 5.46. The molecule has 114 valence electrons. The summed E-state index contributed by atoms with van der Waals surface area (Å²) < 4.78 is 5.19. The number of benzene rings is 1. The predicted molar refractivity (Wildman–Crippen MR) is 86.9 cm³/mol. The number of rotatable bonds is 2. The summed E-state index contributed by atoms with van der Waals surface area (Å²) in [5, 5.41) is 13.2. The first kappa shape index (κ1) is 14.8. The van der Waals surface area contributed by atoms with E-state index in [1.54, 1.807) is 6.92 Å². The molecule has 23 heavy (non-hydrogen) atoms. The molecular formula is C18H15N3O2. The molecule has 0 unspecified atom stereocenters. The van der Waals surface area contributed by atoms with Crippen LogP contribution in [-0.4, -0.2) is 10.1 Å². The minimum atomic E-state index is -0.364. The summed E-state index contributed by atoms with van der Waals surface area (Å²) in [6.07, 6.45) is 0. The highest BCUT2D eigenvalue weighted by atomic mass is 16.5. The Hall–Kier alpha value is -3.13. The molecule has 0 saturated heterocycles. The van der Waals surface area contributed by atoms with E-state index in [0.29, 0.717) is 5.56 Å². The lowest BCUT2D eigenvalue weighted by Gasteiger charge is -2.07. The van der Waals surface area contributed by atoms with Gasteiger partial charge in [0.05, 0.1) is 5.69 Å². The fourth-order valence-corrected chi connectivity index (χ4v) is 2.74. The lowest BCUT2D eigenvalue weighted by Crippen LogP contribution is -2.12. The van der Waals surface area contributed by atoms with Crippen LogP contribution < -0.4 is 5.56 Å². The van der Waals surface area contributed by atoms with Crippen LogP contribution in [-0.2, 0) is 0 Å². The fraction of sp³-hybridized carbons (Fsp3) is 0.167. The van der Waals surface area contributed by atoms with Crippen LogP contribution in [0.5, 0.6) is 0 Å². The van der Waals surface area contributed by atoms with E-state index in [1.807, 2.05) is 50.2 Å². The normalized spacial score (nSPS) is 10.5. The number of aryl methyl sites for hydroxylation is 3. The second kappa shape index (κ2) is 5.58. The highest BCUT2D eigenvalue weighted by Crippen LogP contribution is 2.29. The third kappa shape index (κ3) is 2.55. The van der Waals surface area contributed by atoms with Crippen LogP contribution in [0.1, 0.15) is 22.7 Å². The summed E-state index contributed by atoms with van der Waals surface area (Å²) >= 11 is 0. The molecule has 0 bridgehead atoms. The molecule has 2 heterocycles. The first-order valence-electron chi connectivity index (χ1n) is 7.19. The SMILES string of the molecule is Cc1cc(-c2ccc(-c3c(C)noc3C)cc2)c(C#N)c(=O)[nH]1. The summed E-state index contributed by atoms with van der Waals surface area (Å²) in [5.41, 5.74) is 4.74. The first-order valence-corrected chi connectivity index (χ1v) is 7.19. The molecule has 0 aliphatic heterocycles. The van der Waals surface area contributed by atoms with Gasteiger partial charge in [0.1, 0.15) is 17.4 Å². The highest BCUT2D eigenvalue weighted by molar-refractivity contribution is 5.75. The molecular weight excluding hydrogens is 290 g/mol. The van der Waals surface area contributed by atoms with Gasteiger partial charge < -0.3 is 9.51 Å². The van der Waals surface area contributed by atoms with E-state index in [2.05, 4.69) is 10.1 Å². The zero-order valence-corrected chi connectivity index (χ0v) is 13.1. The van der Waals surface area contributed by atoms with Gasteiger partial charge in [0.15, 0.2) is 0 Å².